The molecule has 0 radical (unpaired) electrons. The second-order valence-electron chi connectivity index (χ2n) is 7.77. The number of rotatable bonds is 8. The lowest BCUT2D eigenvalue weighted by atomic mass is 10.1. The first-order valence-corrected chi connectivity index (χ1v) is 11.1. The van der Waals surface area contributed by atoms with Gasteiger partial charge in [0.15, 0.2) is 0 Å². The predicted molar refractivity (Wildman–Crippen MR) is 117 cm³/mol. The van der Waals surface area contributed by atoms with Gasteiger partial charge in [-0.05, 0) is 25.1 Å². The largest absolute Gasteiger partial charge is 0.345 e. The van der Waals surface area contributed by atoms with Crippen LogP contribution >= 0.6 is 11.3 Å². The molecule has 152 valence electrons. The quantitative estimate of drug-likeness (QED) is 0.681. The van der Waals surface area contributed by atoms with Gasteiger partial charge in [-0.15, -0.1) is 11.3 Å². The van der Waals surface area contributed by atoms with Crippen LogP contribution in [-0.2, 0) is 17.8 Å². The van der Waals surface area contributed by atoms with Crippen LogP contribution in [0.3, 0.4) is 0 Å². The molecule has 0 bridgehead atoms. The SMILES string of the molecule is CCCCN(C)C(=O)Cc1csc(-c2cccc(CN3CCN(C)CC3)c2)n1. The van der Waals surface area contributed by atoms with Crippen LogP contribution in [0.25, 0.3) is 10.6 Å². The van der Waals surface area contributed by atoms with Gasteiger partial charge in [0.1, 0.15) is 5.01 Å². The van der Waals surface area contributed by atoms with Gasteiger partial charge in [-0.25, -0.2) is 4.98 Å². The Morgan fingerprint density at radius 1 is 1.25 bits per heavy atom. The number of likely N-dealkylation sites (N-methyl/N-ethyl adjacent to an activating group) is 2. The van der Waals surface area contributed by atoms with Gasteiger partial charge in [0.2, 0.25) is 5.91 Å². The van der Waals surface area contributed by atoms with E-state index in [9.17, 15) is 4.79 Å². The smallest absolute Gasteiger partial charge is 0.228 e. The molecule has 3 rings (SSSR count). The van der Waals surface area contributed by atoms with Crippen molar-refractivity contribution in [3.63, 3.8) is 0 Å². The standard InChI is InChI=1S/C22H32N4OS/c1-4-5-9-25(3)21(27)15-20-17-28-22(23-20)19-8-6-7-18(14-19)16-26-12-10-24(2)11-13-26/h6-8,14,17H,4-5,9-13,15-16H2,1-3H3. The number of hydrogen-bond acceptors (Lipinski definition) is 5. The number of benzene rings is 1. The fraction of sp³-hybridized carbons (Fsp3) is 0.545. The summed E-state index contributed by atoms with van der Waals surface area (Å²) in [6, 6.07) is 8.68. The maximum Gasteiger partial charge on any atom is 0.228 e. The fourth-order valence-corrected chi connectivity index (χ4v) is 4.21. The molecule has 5 nitrogen and oxygen atoms in total. The second-order valence-corrected chi connectivity index (χ2v) is 8.63. The maximum atomic E-state index is 12.3. The van der Waals surface area contributed by atoms with Gasteiger partial charge in [-0.2, -0.15) is 0 Å². The van der Waals surface area contributed by atoms with E-state index in [2.05, 4.69) is 48.0 Å². The summed E-state index contributed by atoms with van der Waals surface area (Å²) in [6.07, 6.45) is 2.53. The van der Waals surface area contributed by atoms with Crippen molar-refractivity contribution in [2.75, 3.05) is 46.8 Å². The normalized spacial score (nSPS) is 15.7. The lowest BCUT2D eigenvalue weighted by molar-refractivity contribution is -0.129. The maximum absolute atomic E-state index is 12.3. The first-order chi connectivity index (χ1) is 13.5. The molecule has 0 atom stereocenters. The summed E-state index contributed by atoms with van der Waals surface area (Å²) in [5.74, 6) is 0.147. The van der Waals surface area contributed by atoms with E-state index in [0.29, 0.717) is 6.42 Å². The lowest BCUT2D eigenvalue weighted by Gasteiger charge is -2.32. The minimum atomic E-state index is 0.147. The zero-order valence-corrected chi connectivity index (χ0v) is 18.2. The van der Waals surface area contributed by atoms with Crippen LogP contribution in [-0.4, -0.2) is 72.4 Å². The Labute approximate surface area is 173 Å². The van der Waals surface area contributed by atoms with Crippen LogP contribution in [0.4, 0.5) is 0 Å². The van der Waals surface area contributed by atoms with Crippen molar-refractivity contribution >= 4 is 17.2 Å². The zero-order chi connectivity index (χ0) is 19.9. The zero-order valence-electron chi connectivity index (χ0n) is 17.4. The van der Waals surface area contributed by atoms with E-state index in [-0.39, 0.29) is 5.91 Å². The van der Waals surface area contributed by atoms with Crippen molar-refractivity contribution in [2.45, 2.75) is 32.7 Å². The number of amides is 1. The van der Waals surface area contributed by atoms with Crippen molar-refractivity contribution in [3.05, 3.63) is 40.9 Å². The first kappa shape index (κ1) is 21.0. The molecule has 0 N–H and O–H groups in total. The third-order valence-corrected chi connectivity index (χ3v) is 6.27. The molecule has 0 unspecified atom stereocenters. The number of piperazine rings is 1. The van der Waals surface area contributed by atoms with E-state index in [4.69, 9.17) is 4.98 Å². The monoisotopic (exact) mass is 400 g/mol. The van der Waals surface area contributed by atoms with Gasteiger partial charge in [-0.3, -0.25) is 9.69 Å². The number of hydrogen-bond donors (Lipinski definition) is 0. The highest BCUT2D eigenvalue weighted by atomic mass is 32.1. The van der Waals surface area contributed by atoms with Crippen LogP contribution in [0.2, 0.25) is 0 Å². The molecule has 0 saturated carbocycles. The summed E-state index contributed by atoms with van der Waals surface area (Å²) in [5.41, 5.74) is 3.35. The molecule has 2 heterocycles. The van der Waals surface area contributed by atoms with Gasteiger partial charge in [-0.1, -0.05) is 31.5 Å². The number of carbonyl (C=O) groups excluding carboxylic acids is 1. The summed E-state index contributed by atoms with van der Waals surface area (Å²) in [5, 5.41) is 3.02. The summed E-state index contributed by atoms with van der Waals surface area (Å²) >= 11 is 1.63. The molecule has 1 fully saturated rings. The van der Waals surface area contributed by atoms with Crippen LogP contribution in [0.5, 0.6) is 0 Å². The predicted octanol–water partition coefficient (Wildman–Crippen LogP) is 3.36. The summed E-state index contributed by atoms with van der Waals surface area (Å²) in [4.78, 5) is 23.8. The molecule has 0 aliphatic carbocycles. The Bertz CT molecular complexity index is 767. The van der Waals surface area contributed by atoms with Gasteiger partial charge >= 0.3 is 0 Å². The van der Waals surface area contributed by atoms with Crippen LogP contribution in [0, 0.1) is 0 Å². The van der Waals surface area contributed by atoms with E-state index in [1.54, 1.807) is 11.3 Å². The van der Waals surface area contributed by atoms with Crippen molar-refractivity contribution in [3.8, 4) is 10.6 Å². The Hall–Kier alpha value is -1.76. The summed E-state index contributed by atoms with van der Waals surface area (Å²) in [7, 11) is 4.07. The molecule has 1 aromatic carbocycles. The third kappa shape index (κ3) is 5.87. The molecule has 2 aromatic rings. The highest BCUT2D eigenvalue weighted by Crippen LogP contribution is 2.25. The Morgan fingerprint density at radius 2 is 2.04 bits per heavy atom. The van der Waals surface area contributed by atoms with Crippen LogP contribution < -0.4 is 0 Å². The molecular formula is C22H32N4OS. The lowest BCUT2D eigenvalue weighted by Crippen LogP contribution is -2.43. The van der Waals surface area contributed by atoms with Gasteiger partial charge in [0.25, 0.3) is 0 Å². The number of thiazole rings is 1. The van der Waals surface area contributed by atoms with Crippen molar-refractivity contribution in [2.24, 2.45) is 0 Å². The van der Waals surface area contributed by atoms with E-state index < -0.39 is 0 Å². The number of carbonyl (C=O) groups is 1. The molecule has 1 aliphatic rings. The molecule has 1 amide bonds. The molecule has 1 aliphatic heterocycles. The minimum absolute atomic E-state index is 0.147. The molecule has 1 aromatic heterocycles. The number of nitrogens with zero attached hydrogens (tertiary/aromatic N) is 4. The van der Waals surface area contributed by atoms with Crippen LogP contribution in [0.1, 0.15) is 31.0 Å². The molecule has 6 heteroatoms. The van der Waals surface area contributed by atoms with Crippen LogP contribution in [0.15, 0.2) is 29.6 Å². The van der Waals surface area contributed by atoms with E-state index in [1.165, 1.54) is 5.56 Å². The molecule has 28 heavy (non-hydrogen) atoms. The second kappa shape index (κ2) is 10.1. The summed E-state index contributed by atoms with van der Waals surface area (Å²) in [6.45, 7) is 8.46. The van der Waals surface area contributed by atoms with Crippen molar-refractivity contribution in [1.82, 2.24) is 19.7 Å². The third-order valence-electron chi connectivity index (χ3n) is 5.33. The average molecular weight is 401 g/mol. The average Bonchev–Trinajstić information content (AvgIpc) is 3.16. The van der Waals surface area contributed by atoms with Crippen molar-refractivity contribution < 1.29 is 4.79 Å². The minimum Gasteiger partial charge on any atom is -0.345 e. The highest BCUT2D eigenvalue weighted by Gasteiger charge is 2.15. The Morgan fingerprint density at radius 3 is 2.79 bits per heavy atom. The van der Waals surface area contributed by atoms with E-state index >= 15 is 0 Å². The van der Waals surface area contributed by atoms with E-state index in [0.717, 1.165) is 68.4 Å². The van der Waals surface area contributed by atoms with Gasteiger partial charge < -0.3 is 9.80 Å². The fourth-order valence-electron chi connectivity index (χ4n) is 3.40. The number of aromatic nitrogens is 1. The van der Waals surface area contributed by atoms with Gasteiger partial charge in [0.05, 0.1) is 12.1 Å². The number of unbranched alkanes of at least 4 members (excludes halogenated alkanes) is 1. The Kier molecular flexibility index (Phi) is 7.59. The van der Waals surface area contributed by atoms with E-state index in [1.807, 2.05) is 17.3 Å². The molecule has 1 saturated heterocycles. The molecule has 0 spiro atoms. The Balaban J connectivity index is 1.60. The van der Waals surface area contributed by atoms with Gasteiger partial charge in [0, 0.05) is 57.3 Å². The highest BCUT2D eigenvalue weighted by molar-refractivity contribution is 7.13. The van der Waals surface area contributed by atoms with Crippen molar-refractivity contribution in [1.29, 1.82) is 0 Å². The topological polar surface area (TPSA) is 39.7 Å². The first-order valence-electron chi connectivity index (χ1n) is 10.2. The molecular weight excluding hydrogens is 368 g/mol. The summed E-state index contributed by atoms with van der Waals surface area (Å²) < 4.78 is 0.